The van der Waals surface area contributed by atoms with Crippen LogP contribution < -0.4 is 15.6 Å². The van der Waals surface area contributed by atoms with E-state index in [2.05, 4.69) is 20.6 Å². The van der Waals surface area contributed by atoms with Gasteiger partial charge in [-0.3, -0.25) is 15.5 Å². The van der Waals surface area contributed by atoms with Gasteiger partial charge in [0, 0.05) is 23.3 Å². The smallest absolute Gasteiger partial charge is 0.360 e. The zero-order valence-corrected chi connectivity index (χ0v) is 9.18. The predicted molar refractivity (Wildman–Crippen MR) is 64.1 cm³/mol. The lowest BCUT2D eigenvalue weighted by Gasteiger charge is -2.29. The molecule has 2 heterocycles. The van der Waals surface area contributed by atoms with Gasteiger partial charge in [-0.15, -0.1) is 0 Å². The average molecular weight is 246 g/mol. The fourth-order valence-electron chi connectivity index (χ4n) is 1.75. The maximum Gasteiger partial charge on any atom is 0.360 e. The molecule has 1 aromatic heterocycles. The summed E-state index contributed by atoms with van der Waals surface area (Å²) in [6.45, 7) is 0. The highest BCUT2D eigenvalue weighted by atomic mass is 16.5. The van der Waals surface area contributed by atoms with E-state index in [9.17, 15) is 10.4 Å². The molecular formula is C10H10N6O2. The van der Waals surface area contributed by atoms with Gasteiger partial charge in [-0.2, -0.15) is 10.3 Å². The molecule has 1 aromatic carbocycles. The van der Waals surface area contributed by atoms with Gasteiger partial charge in [-0.05, 0) is 0 Å². The zero-order chi connectivity index (χ0) is 12.5. The number of aromatic amines is 1. The second-order valence-electron chi connectivity index (χ2n) is 3.74. The molecule has 2 unspecified atom stereocenters. The van der Waals surface area contributed by atoms with Crippen molar-refractivity contribution in [1.29, 1.82) is 0 Å². The lowest BCUT2D eigenvalue weighted by Crippen LogP contribution is -3.14. The van der Waals surface area contributed by atoms with E-state index in [1.54, 1.807) is 30.3 Å². The fraction of sp³-hybridized carbons (Fsp3) is 0. The second-order valence-corrected chi connectivity index (χ2v) is 3.74. The summed E-state index contributed by atoms with van der Waals surface area (Å²) in [5, 5.41) is 36.0. The maximum absolute atomic E-state index is 12.1. The number of rotatable bonds is 1. The molecule has 0 aliphatic carbocycles. The Balaban J connectivity index is 1.94. The van der Waals surface area contributed by atoms with Gasteiger partial charge in [0.2, 0.25) is 11.4 Å². The van der Waals surface area contributed by atoms with Crippen LogP contribution in [-0.4, -0.2) is 16.2 Å². The summed E-state index contributed by atoms with van der Waals surface area (Å²) in [5.74, 6) is 0.511. The lowest BCUT2D eigenvalue weighted by atomic mass is 10.2. The molecule has 92 valence electrons. The van der Waals surface area contributed by atoms with Crippen molar-refractivity contribution in [3.8, 4) is 0 Å². The highest BCUT2D eigenvalue weighted by molar-refractivity contribution is 5.88. The first kappa shape index (κ1) is 10.9. The number of nitrogens with zero attached hydrogens (tertiary/aromatic N) is 2. The highest BCUT2D eigenvalue weighted by Gasteiger charge is 2.27. The van der Waals surface area contributed by atoms with Gasteiger partial charge in [0.05, 0.1) is 6.20 Å². The second kappa shape index (κ2) is 4.20. The molecule has 0 fully saturated rings. The maximum atomic E-state index is 12.1. The molecule has 0 saturated carbocycles. The summed E-state index contributed by atoms with van der Waals surface area (Å²) in [5.41, 5.74) is 0.692. The SMILES string of the molecule is [O-][NH+]1N=C(Nc2ccn[nH]2)[NH+]([O-])c2ccccc21. The van der Waals surface area contributed by atoms with E-state index in [1.165, 1.54) is 6.20 Å². The Bertz CT molecular complexity index is 582. The Morgan fingerprint density at radius 3 is 2.61 bits per heavy atom. The molecule has 0 spiro atoms. The quantitative estimate of drug-likeness (QED) is 0.476. The van der Waals surface area contributed by atoms with Gasteiger partial charge in [0.1, 0.15) is 5.82 Å². The molecule has 2 aromatic rings. The number of aromatic nitrogens is 2. The standard InChI is InChI=1S/C10H10N6O2/c17-15-7-3-1-2-4-8(7)16(18)14-10(15)12-9-5-6-11-13-9/h1-6,15-16H,(H2,11,12,13,14). The summed E-state index contributed by atoms with van der Waals surface area (Å²) in [7, 11) is 0. The van der Waals surface area contributed by atoms with E-state index < -0.39 is 5.17 Å². The van der Waals surface area contributed by atoms with Crippen molar-refractivity contribution in [3.63, 3.8) is 0 Å². The van der Waals surface area contributed by atoms with E-state index in [-0.39, 0.29) is 11.0 Å². The van der Waals surface area contributed by atoms with Crippen molar-refractivity contribution in [2.24, 2.45) is 5.10 Å². The molecule has 0 bridgehead atoms. The van der Waals surface area contributed by atoms with Crippen LogP contribution in [0, 0.1) is 10.4 Å². The van der Waals surface area contributed by atoms with Crippen LogP contribution in [0.15, 0.2) is 41.6 Å². The lowest BCUT2D eigenvalue weighted by molar-refractivity contribution is -0.812. The topological polar surface area (TPSA) is 108 Å². The molecule has 2 atom stereocenters. The number of guanidine groups is 1. The van der Waals surface area contributed by atoms with Crippen LogP contribution >= 0.6 is 0 Å². The van der Waals surface area contributed by atoms with Gasteiger partial charge in [-0.1, -0.05) is 12.1 Å². The molecule has 4 N–H and O–H groups in total. The first-order valence-corrected chi connectivity index (χ1v) is 5.29. The number of nitrogens with one attached hydrogen (secondary N) is 4. The van der Waals surface area contributed by atoms with Gasteiger partial charge in [-0.25, -0.2) is 0 Å². The van der Waals surface area contributed by atoms with Gasteiger partial charge >= 0.3 is 5.96 Å². The monoisotopic (exact) mass is 246 g/mol. The Hall–Kier alpha value is -2.26. The Morgan fingerprint density at radius 1 is 1.11 bits per heavy atom. The minimum absolute atomic E-state index is 0.00273. The van der Waals surface area contributed by atoms with E-state index in [0.717, 1.165) is 0 Å². The normalized spacial score (nSPS) is 22.2. The predicted octanol–water partition coefficient (Wildman–Crippen LogP) is -1.17. The van der Waals surface area contributed by atoms with E-state index in [0.29, 0.717) is 17.2 Å². The molecule has 0 saturated heterocycles. The Morgan fingerprint density at radius 2 is 1.89 bits per heavy atom. The third-order valence-corrected chi connectivity index (χ3v) is 2.58. The van der Waals surface area contributed by atoms with Gasteiger partial charge in [0.25, 0.3) is 0 Å². The van der Waals surface area contributed by atoms with Gasteiger partial charge in [0.15, 0.2) is 0 Å². The number of benzene rings is 1. The molecule has 0 radical (unpaired) electrons. The van der Waals surface area contributed by atoms with Crippen molar-refractivity contribution in [2.45, 2.75) is 0 Å². The number of hydrogen-bond donors (Lipinski definition) is 4. The zero-order valence-electron chi connectivity index (χ0n) is 9.18. The van der Waals surface area contributed by atoms with Crippen LogP contribution in [0.5, 0.6) is 0 Å². The van der Waals surface area contributed by atoms with Crippen molar-refractivity contribution in [3.05, 3.63) is 46.9 Å². The molecule has 3 rings (SSSR count). The minimum Gasteiger partial charge on any atom is -0.621 e. The molecule has 0 amide bonds. The molecule has 8 nitrogen and oxygen atoms in total. The molecular weight excluding hydrogens is 236 g/mol. The number of fused-ring (bicyclic) bond motifs is 1. The molecule has 1 aliphatic rings. The van der Waals surface area contributed by atoms with Crippen molar-refractivity contribution >= 4 is 23.2 Å². The summed E-state index contributed by atoms with van der Waals surface area (Å²) in [6, 6.07) is 8.25. The van der Waals surface area contributed by atoms with E-state index in [1.807, 2.05) is 0 Å². The fourth-order valence-corrected chi connectivity index (χ4v) is 1.75. The first-order chi connectivity index (χ1) is 8.75. The van der Waals surface area contributed by atoms with Gasteiger partial charge < -0.3 is 10.4 Å². The summed E-state index contributed by atoms with van der Waals surface area (Å²) < 4.78 is 0. The number of hydrogen-bond acceptors (Lipinski definition) is 5. The van der Waals surface area contributed by atoms with Crippen molar-refractivity contribution < 1.29 is 10.2 Å². The number of quaternary nitrogens is 2. The van der Waals surface area contributed by atoms with Crippen LogP contribution in [0.3, 0.4) is 0 Å². The Kier molecular flexibility index (Phi) is 2.54. The first-order valence-electron chi connectivity index (χ1n) is 5.29. The van der Waals surface area contributed by atoms with Crippen LogP contribution in [0.25, 0.3) is 0 Å². The van der Waals surface area contributed by atoms with E-state index in [4.69, 9.17) is 0 Å². The Labute approximate surface area is 102 Å². The third kappa shape index (κ3) is 1.75. The average Bonchev–Trinajstić information content (AvgIpc) is 2.89. The molecule has 18 heavy (non-hydrogen) atoms. The largest absolute Gasteiger partial charge is 0.621 e. The van der Waals surface area contributed by atoms with Crippen LogP contribution in [0.2, 0.25) is 0 Å². The number of hydroxylamine groups is 1. The number of para-hydroxylation sites is 1. The van der Waals surface area contributed by atoms with E-state index >= 15 is 0 Å². The third-order valence-electron chi connectivity index (χ3n) is 2.58. The molecule has 1 aliphatic heterocycles. The number of H-pyrrole nitrogens is 1. The summed E-state index contributed by atoms with van der Waals surface area (Å²) in [6.07, 6.45) is 1.53. The number of anilines is 1. The van der Waals surface area contributed by atoms with Crippen molar-refractivity contribution in [2.75, 3.05) is 5.32 Å². The summed E-state index contributed by atoms with van der Waals surface area (Å²) >= 11 is 0. The van der Waals surface area contributed by atoms with Crippen LogP contribution in [-0.2, 0) is 0 Å². The summed E-state index contributed by atoms with van der Waals surface area (Å²) in [4.78, 5) is 0. The van der Waals surface area contributed by atoms with Crippen LogP contribution in [0.4, 0.5) is 17.2 Å². The highest BCUT2D eigenvalue weighted by Crippen LogP contribution is 2.14. The van der Waals surface area contributed by atoms with Crippen molar-refractivity contribution in [1.82, 2.24) is 10.2 Å². The van der Waals surface area contributed by atoms with Crippen LogP contribution in [0.1, 0.15) is 0 Å². The molecule has 8 heteroatoms. The minimum atomic E-state index is -0.424.